The highest BCUT2D eigenvalue weighted by Crippen LogP contribution is 2.44. The third-order valence-corrected chi connectivity index (χ3v) is 4.30. The van der Waals surface area contributed by atoms with Gasteiger partial charge in [-0.05, 0) is 56.4 Å². The van der Waals surface area contributed by atoms with Crippen molar-refractivity contribution in [2.24, 2.45) is 0 Å². The van der Waals surface area contributed by atoms with E-state index in [0.29, 0.717) is 12.0 Å². The van der Waals surface area contributed by atoms with Crippen molar-refractivity contribution in [2.45, 2.75) is 51.6 Å². The summed E-state index contributed by atoms with van der Waals surface area (Å²) in [7, 11) is 0. The first-order valence-corrected chi connectivity index (χ1v) is 7.04. The van der Waals surface area contributed by atoms with Crippen LogP contribution in [0.25, 0.3) is 0 Å². The van der Waals surface area contributed by atoms with Crippen LogP contribution in [0.15, 0.2) is 30.4 Å². The summed E-state index contributed by atoms with van der Waals surface area (Å²) in [5.74, 6) is -0.446. The third-order valence-electron chi connectivity index (χ3n) is 4.30. The average molecular weight is 276 g/mol. The molecule has 1 aromatic carbocycles. The molecule has 0 spiro atoms. The number of aryl methyl sites for hydroxylation is 1. The van der Waals surface area contributed by atoms with Crippen molar-refractivity contribution in [2.75, 3.05) is 0 Å². The van der Waals surface area contributed by atoms with Crippen molar-refractivity contribution in [1.82, 2.24) is 0 Å². The number of esters is 1. The van der Waals surface area contributed by atoms with Gasteiger partial charge in [-0.1, -0.05) is 19.6 Å². The molecule has 1 aliphatic carbocycles. The molecule has 0 amide bonds. The van der Waals surface area contributed by atoms with Gasteiger partial charge in [0, 0.05) is 11.5 Å². The summed E-state index contributed by atoms with van der Waals surface area (Å²) >= 11 is 0. The molecule has 0 heterocycles. The zero-order valence-electron chi connectivity index (χ0n) is 12.3. The fourth-order valence-electron chi connectivity index (χ4n) is 2.91. The highest BCUT2D eigenvalue weighted by atomic mass is 19.1. The van der Waals surface area contributed by atoms with E-state index in [-0.39, 0.29) is 17.7 Å². The first-order chi connectivity index (χ1) is 9.37. The average Bonchev–Trinajstić information content (AvgIpc) is 2.81. The molecule has 1 aromatic rings. The van der Waals surface area contributed by atoms with E-state index in [1.165, 1.54) is 6.07 Å². The third kappa shape index (κ3) is 2.62. The topological polar surface area (TPSA) is 26.3 Å². The summed E-state index contributed by atoms with van der Waals surface area (Å²) in [5, 5.41) is 0. The lowest BCUT2D eigenvalue weighted by Crippen LogP contribution is -2.37. The predicted octanol–water partition coefficient (Wildman–Crippen LogP) is 4.14. The molecule has 0 saturated heterocycles. The molecule has 1 aliphatic rings. The quantitative estimate of drug-likeness (QED) is 0.610. The Bertz CT molecular complexity index is 550. The van der Waals surface area contributed by atoms with Crippen molar-refractivity contribution >= 4 is 5.97 Å². The molecular weight excluding hydrogens is 255 g/mol. The van der Waals surface area contributed by atoms with E-state index in [1.807, 2.05) is 19.9 Å². The summed E-state index contributed by atoms with van der Waals surface area (Å²) in [5.41, 5.74) is 1.97. The maximum Gasteiger partial charge on any atom is 0.333 e. The smallest absolute Gasteiger partial charge is 0.333 e. The minimum Gasteiger partial charge on any atom is -0.455 e. The number of carbonyl (C=O) groups is 1. The Morgan fingerprint density at radius 2 is 2.25 bits per heavy atom. The molecule has 0 aliphatic heterocycles. The monoisotopic (exact) mass is 276 g/mol. The summed E-state index contributed by atoms with van der Waals surface area (Å²) in [4.78, 5) is 11.9. The molecule has 0 N–H and O–H groups in total. The maximum atomic E-state index is 13.3. The van der Waals surface area contributed by atoms with Crippen LogP contribution in [-0.4, -0.2) is 11.6 Å². The maximum absolute atomic E-state index is 13.3. The lowest BCUT2D eigenvalue weighted by Gasteiger charge is -2.35. The van der Waals surface area contributed by atoms with E-state index in [9.17, 15) is 9.18 Å². The first kappa shape index (κ1) is 14.8. The minimum absolute atomic E-state index is 0.117. The minimum atomic E-state index is -0.570. The Hall–Kier alpha value is -1.64. The van der Waals surface area contributed by atoms with Gasteiger partial charge in [0.25, 0.3) is 0 Å². The van der Waals surface area contributed by atoms with Gasteiger partial charge in [0.15, 0.2) is 0 Å². The predicted molar refractivity (Wildman–Crippen MR) is 77.1 cm³/mol. The van der Waals surface area contributed by atoms with Crippen molar-refractivity contribution in [3.05, 3.63) is 47.3 Å². The largest absolute Gasteiger partial charge is 0.455 e. The molecule has 20 heavy (non-hydrogen) atoms. The number of rotatable bonds is 4. The van der Waals surface area contributed by atoms with Crippen molar-refractivity contribution in [3.8, 4) is 0 Å². The van der Waals surface area contributed by atoms with Gasteiger partial charge in [-0.25, -0.2) is 9.18 Å². The molecule has 2 atom stereocenters. The molecule has 2 nitrogen and oxygen atoms in total. The van der Waals surface area contributed by atoms with Crippen LogP contribution in [0.1, 0.15) is 50.7 Å². The van der Waals surface area contributed by atoms with E-state index >= 15 is 0 Å². The molecule has 3 heteroatoms. The normalized spacial score (nSPS) is 20.1. The number of fused-ring (bicyclic) bond motifs is 1. The molecule has 0 radical (unpaired) electrons. The number of halogens is 1. The van der Waals surface area contributed by atoms with Gasteiger partial charge in [-0.3, -0.25) is 0 Å². The molecule has 2 rings (SSSR count). The van der Waals surface area contributed by atoms with Crippen LogP contribution in [0.4, 0.5) is 4.39 Å². The zero-order chi connectivity index (χ0) is 14.9. The highest BCUT2D eigenvalue weighted by Gasteiger charge is 2.41. The standard InChI is InChI=1S/C17H21FO2/c1-5-17(4,20-16(19)11(2)3)15-9-6-12-10-13(18)7-8-14(12)15/h7-8,10,15H,2,5-6,9H2,1,3-4H3. The summed E-state index contributed by atoms with van der Waals surface area (Å²) in [6.45, 7) is 9.24. The van der Waals surface area contributed by atoms with Crippen molar-refractivity contribution in [3.63, 3.8) is 0 Å². The molecule has 2 unspecified atom stereocenters. The van der Waals surface area contributed by atoms with E-state index in [4.69, 9.17) is 4.74 Å². The molecular formula is C17H21FO2. The van der Waals surface area contributed by atoms with E-state index in [0.717, 1.165) is 24.0 Å². The van der Waals surface area contributed by atoms with Gasteiger partial charge in [-0.2, -0.15) is 0 Å². The lowest BCUT2D eigenvalue weighted by molar-refractivity contribution is -0.156. The molecule has 0 bridgehead atoms. The van der Waals surface area contributed by atoms with Crippen LogP contribution in [-0.2, 0) is 16.0 Å². The van der Waals surface area contributed by atoms with Gasteiger partial charge in [0.2, 0.25) is 0 Å². The number of hydrogen-bond acceptors (Lipinski definition) is 2. The summed E-state index contributed by atoms with van der Waals surface area (Å²) in [6, 6.07) is 4.89. The zero-order valence-corrected chi connectivity index (χ0v) is 12.3. The lowest BCUT2D eigenvalue weighted by atomic mass is 9.82. The Kier molecular flexibility index (Phi) is 3.98. The Balaban J connectivity index is 2.30. The van der Waals surface area contributed by atoms with E-state index in [1.54, 1.807) is 13.0 Å². The molecule has 108 valence electrons. The number of carbonyl (C=O) groups excluding carboxylic acids is 1. The Labute approximate surface area is 119 Å². The van der Waals surface area contributed by atoms with Crippen molar-refractivity contribution < 1.29 is 13.9 Å². The van der Waals surface area contributed by atoms with Crippen LogP contribution in [0.3, 0.4) is 0 Å². The SMILES string of the molecule is C=C(C)C(=O)OC(C)(CC)C1CCc2cc(F)ccc21. The Morgan fingerprint density at radius 3 is 2.85 bits per heavy atom. The highest BCUT2D eigenvalue weighted by molar-refractivity contribution is 5.87. The van der Waals surface area contributed by atoms with Crippen molar-refractivity contribution in [1.29, 1.82) is 0 Å². The second-order valence-corrected chi connectivity index (χ2v) is 5.77. The summed E-state index contributed by atoms with van der Waals surface area (Å²) < 4.78 is 19.0. The van der Waals surface area contributed by atoms with Gasteiger partial charge in [0.1, 0.15) is 11.4 Å². The van der Waals surface area contributed by atoms with Crippen LogP contribution in [0, 0.1) is 5.82 Å². The molecule has 0 aromatic heterocycles. The van der Waals surface area contributed by atoms with Crippen LogP contribution in [0.2, 0.25) is 0 Å². The van der Waals surface area contributed by atoms with Gasteiger partial charge in [0.05, 0.1) is 0 Å². The number of benzene rings is 1. The second-order valence-electron chi connectivity index (χ2n) is 5.77. The molecule has 0 fully saturated rings. The van der Waals surface area contributed by atoms with E-state index in [2.05, 4.69) is 6.58 Å². The van der Waals surface area contributed by atoms with Crippen LogP contribution >= 0.6 is 0 Å². The van der Waals surface area contributed by atoms with Gasteiger partial charge in [-0.15, -0.1) is 0 Å². The van der Waals surface area contributed by atoms with Crippen LogP contribution < -0.4 is 0 Å². The van der Waals surface area contributed by atoms with Gasteiger partial charge < -0.3 is 4.74 Å². The van der Waals surface area contributed by atoms with Gasteiger partial charge >= 0.3 is 5.97 Å². The fraction of sp³-hybridized carbons (Fsp3) is 0.471. The first-order valence-electron chi connectivity index (χ1n) is 7.04. The number of hydrogen-bond donors (Lipinski definition) is 0. The summed E-state index contributed by atoms with van der Waals surface area (Å²) in [6.07, 6.45) is 2.43. The second kappa shape index (κ2) is 5.39. The molecule has 0 saturated carbocycles. The Morgan fingerprint density at radius 1 is 1.55 bits per heavy atom. The van der Waals surface area contributed by atoms with E-state index < -0.39 is 5.60 Å². The fourth-order valence-corrected chi connectivity index (χ4v) is 2.91. The van der Waals surface area contributed by atoms with Crippen LogP contribution in [0.5, 0.6) is 0 Å². The number of ether oxygens (including phenoxy) is 1.